The quantitative estimate of drug-likeness (QED) is 0.294. The maximum Gasteiger partial charge on any atom is 0.460 e. The Labute approximate surface area is 141 Å². The number of hydrogen-bond acceptors (Lipinski definition) is 3. The predicted molar refractivity (Wildman–Crippen MR) is 57.3 cm³/mol. The molecule has 1 rings (SSSR count). The van der Waals surface area contributed by atoms with Crippen molar-refractivity contribution < 1.29 is 71.3 Å². The number of rotatable bonds is 10. The topological polar surface area (TPSA) is 31.0 Å². The molecule has 3 nitrogen and oxygen atoms in total. The summed E-state index contributed by atoms with van der Waals surface area (Å²) in [5.74, 6) is -31.0. The monoisotopic (exact) mass is 436 g/mol. The van der Waals surface area contributed by atoms with Crippen LogP contribution in [0.15, 0.2) is 0 Å². The van der Waals surface area contributed by atoms with Crippen molar-refractivity contribution in [1.82, 2.24) is 0 Å². The molecule has 0 spiro atoms. The molecule has 1 fully saturated rings. The number of hydrogen-bond donors (Lipinski definition) is 0. The fourth-order valence-corrected chi connectivity index (χ4v) is 1.45. The van der Waals surface area contributed by atoms with E-state index in [1.807, 2.05) is 0 Å². The Morgan fingerprint density at radius 3 is 1.52 bits per heavy atom. The fourth-order valence-electron chi connectivity index (χ4n) is 1.45. The lowest BCUT2D eigenvalue weighted by Gasteiger charge is -2.39. The summed E-state index contributed by atoms with van der Waals surface area (Å²) in [5, 5.41) is 0. The van der Waals surface area contributed by atoms with Gasteiger partial charge in [-0.25, -0.2) is 0 Å². The largest absolute Gasteiger partial charge is 0.460 e. The Balaban J connectivity index is 2.95. The van der Waals surface area contributed by atoms with E-state index >= 15 is 0 Å². The molecular weight excluding hydrogens is 427 g/mol. The highest BCUT2D eigenvalue weighted by Gasteiger charge is 2.91. The number of halogens is 13. The third-order valence-corrected chi connectivity index (χ3v) is 3.12. The summed E-state index contributed by atoms with van der Waals surface area (Å²) < 4.78 is 177. The Kier molecular flexibility index (Phi) is 6.31. The summed E-state index contributed by atoms with van der Waals surface area (Å²) in [5.41, 5.74) is 0. The van der Waals surface area contributed by atoms with E-state index in [4.69, 9.17) is 0 Å². The van der Waals surface area contributed by atoms with Gasteiger partial charge in [-0.1, -0.05) is 0 Å². The molecule has 0 N–H and O–H groups in total. The molecule has 0 bridgehead atoms. The van der Waals surface area contributed by atoms with E-state index < -0.39 is 55.3 Å². The fraction of sp³-hybridized carbons (Fsp3) is 1.00. The van der Waals surface area contributed by atoms with Gasteiger partial charge in [0.05, 0.1) is 26.4 Å². The van der Waals surface area contributed by atoms with Crippen LogP contribution in [0.1, 0.15) is 0 Å². The van der Waals surface area contributed by atoms with Gasteiger partial charge in [-0.2, -0.15) is 57.1 Å². The van der Waals surface area contributed by atoms with Gasteiger partial charge in [0.1, 0.15) is 6.10 Å². The van der Waals surface area contributed by atoms with E-state index in [0.29, 0.717) is 0 Å². The normalized spacial score (nSPS) is 20.1. The van der Waals surface area contributed by atoms with E-state index in [-0.39, 0.29) is 13.2 Å². The lowest BCUT2D eigenvalue weighted by Crippen LogP contribution is -2.70. The molecule has 27 heavy (non-hydrogen) atoms. The van der Waals surface area contributed by atoms with E-state index in [2.05, 4.69) is 14.2 Å². The van der Waals surface area contributed by atoms with Crippen molar-refractivity contribution in [1.29, 1.82) is 0 Å². The van der Waals surface area contributed by atoms with E-state index in [1.165, 1.54) is 0 Å². The third-order valence-electron chi connectivity index (χ3n) is 3.12. The van der Waals surface area contributed by atoms with Crippen molar-refractivity contribution in [3.63, 3.8) is 0 Å². The van der Waals surface area contributed by atoms with Gasteiger partial charge in [0, 0.05) is 0 Å². The van der Waals surface area contributed by atoms with E-state index in [0.717, 1.165) is 0 Å². The maximum absolute atomic E-state index is 13.2. The van der Waals surface area contributed by atoms with Crippen LogP contribution in [0.5, 0.6) is 0 Å². The van der Waals surface area contributed by atoms with Crippen LogP contribution in [0.2, 0.25) is 0 Å². The molecule has 1 heterocycles. The Bertz CT molecular complexity index is 512. The molecule has 1 atom stereocenters. The van der Waals surface area contributed by atoms with Crippen molar-refractivity contribution in [3.8, 4) is 0 Å². The average molecular weight is 436 g/mol. The second kappa shape index (κ2) is 7.09. The van der Waals surface area contributed by atoms with Crippen molar-refractivity contribution in [3.05, 3.63) is 0 Å². The molecule has 162 valence electrons. The summed E-state index contributed by atoms with van der Waals surface area (Å²) in [6, 6.07) is 0. The molecule has 16 heteroatoms. The standard InChI is InChI=1S/C11H9F13O3/c12-6(13,8(16,17)10(20,21)22)7(14,15)9(18,19)11(23,24)27-2-1-25-3-5-4-26-5/h5H,1-4H2. The molecule has 1 aliphatic rings. The van der Waals surface area contributed by atoms with Gasteiger partial charge in [0.25, 0.3) is 0 Å². The van der Waals surface area contributed by atoms with Crippen LogP contribution in [0.4, 0.5) is 57.1 Å². The zero-order valence-electron chi connectivity index (χ0n) is 12.5. The van der Waals surface area contributed by atoms with Gasteiger partial charge >= 0.3 is 36.0 Å². The first kappa shape index (κ1) is 24.0. The summed E-state index contributed by atoms with van der Waals surface area (Å²) in [7, 11) is 0. The predicted octanol–water partition coefficient (Wildman–Crippen LogP) is 4.11. The molecule has 1 aliphatic heterocycles. The van der Waals surface area contributed by atoms with E-state index in [9.17, 15) is 57.1 Å². The minimum absolute atomic E-state index is 0.226. The van der Waals surface area contributed by atoms with Gasteiger partial charge in [-0.3, -0.25) is 0 Å². The first-order valence-electron chi connectivity index (χ1n) is 6.62. The molecule has 0 radical (unpaired) electrons. The van der Waals surface area contributed by atoms with Crippen molar-refractivity contribution in [2.45, 2.75) is 42.1 Å². The Morgan fingerprint density at radius 2 is 1.11 bits per heavy atom. The molecule has 1 unspecified atom stereocenters. The van der Waals surface area contributed by atoms with Gasteiger partial charge < -0.3 is 14.2 Å². The van der Waals surface area contributed by atoms with Gasteiger partial charge in [-0.05, 0) is 0 Å². The van der Waals surface area contributed by atoms with Crippen molar-refractivity contribution in [2.24, 2.45) is 0 Å². The van der Waals surface area contributed by atoms with Crippen LogP contribution in [-0.4, -0.2) is 68.5 Å². The van der Waals surface area contributed by atoms with Crippen LogP contribution in [0.3, 0.4) is 0 Å². The van der Waals surface area contributed by atoms with Crippen LogP contribution in [0.25, 0.3) is 0 Å². The lowest BCUT2D eigenvalue weighted by molar-refractivity contribution is -0.466. The number of epoxide rings is 1. The molecule has 0 aromatic heterocycles. The minimum atomic E-state index is -7.94. The summed E-state index contributed by atoms with van der Waals surface area (Å²) >= 11 is 0. The highest BCUT2D eigenvalue weighted by atomic mass is 19.4. The molecule has 1 saturated heterocycles. The summed E-state index contributed by atoms with van der Waals surface area (Å²) in [4.78, 5) is 0. The maximum atomic E-state index is 13.2. The minimum Gasteiger partial charge on any atom is -0.376 e. The Hall–Kier alpha value is -1.03. The van der Waals surface area contributed by atoms with Crippen LogP contribution in [0, 0.1) is 0 Å². The number of alkyl halides is 13. The highest BCUT2D eigenvalue weighted by molar-refractivity contribution is 5.08. The van der Waals surface area contributed by atoms with Crippen LogP contribution in [-0.2, 0) is 14.2 Å². The van der Waals surface area contributed by atoms with Crippen molar-refractivity contribution >= 4 is 0 Å². The average Bonchev–Trinajstić information content (AvgIpc) is 3.28. The molecular formula is C11H9F13O3. The molecule has 0 aliphatic carbocycles. The van der Waals surface area contributed by atoms with Gasteiger partial charge in [0.15, 0.2) is 0 Å². The third kappa shape index (κ3) is 4.21. The first-order valence-corrected chi connectivity index (χ1v) is 6.62. The second-order valence-corrected chi connectivity index (χ2v) is 5.19. The smallest absolute Gasteiger partial charge is 0.376 e. The van der Waals surface area contributed by atoms with Crippen molar-refractivity contribution in [2.75, 3.05) is 26.4 Å². The lowest BCUT2D eigenvalue weighted by atomic mass is 9.97. The SMILES string of the molecule is FC(F)(F)C(F)(F)C(F)(F)C(F)(F)C(F)(F)C(F)(F)OCCOCC1CO1. The Morgan fingerprint density at radius 1 is 0.667 bits per heavy atom. The molecule has 0 aromatic rings. The number of ether oxygens (including phenoxy) is 3. The molecule has 0 amide bonds. The summed E-state index contributed by atoms with van der Waals surface area (Å²) in [6.45, 7) is -2.57. The highest BCUT2D eigenvalue weighted by Crippen LogP contribution is 2.60. The van der Waals surface area contributed by atoms with Crippen LogP contribution >= 0.6 is 0 Å². The molecule has 0 saturated carbocycles. The first-order chi connectivity index (χ1) is 11.8. The van der Waals surface area contributed by atoms with Gasteiger partial charge in [-0.15, -0.1) is 0 Å². The second-order valence-electron chi connectivity index (χ2n) is 5.19. The van der Waals surface area contributed by atoms with E-state index in [1.54, 1.807) is 0 Å². The van der Waals surface area contributed by atoms with Gasteiger partial charge in [0.2, 0.25) is 0 Å². The zero-order chi connectivity index (χ0) is 21.5. The molecule has 0 aromatic carbocycles. The summed E-state index contributed by atoms with van der Waals surface area (Å²) in [6.07, 6.45) is -14.4. The zero-order valence-corrected chi connectivity index (χ0v) is 12.5. The van der Waals surface area contributed by atoms with Crippen LogP contribution < -0.4 is 0 Å².